The number of hydrogen-bond acceptors (Lipinski definition) is 7. The molecular weight excluding hydrogens is 487 g/mol. The highest BCUT2D eigenvalue weighted by molar-refractivity contribution is 14.1. The van der Waals surface area contributed by atoms with Crippen LogP contribution in [-0.2, 0) is 19.0 Å². The summed E-state index contributed by atoms with van der Waals surface area (Å²) in [7, 11) is 0. The van der Waals surface area contributed by atoms with Crippen LogP contribution in [0.3, 0.4) is 0 Å². The number of aromatic nitrogens is 4. The van der Waals surface area contributed by atoms with Crippen LogP contribution < -0.4 is 0 Å². The minimum Gasteiger partial charge on any atom is -0.465 e. The van der Waals surface area contributed by atoms with Crippen LogP contribution in [0, 0.1) is 15.2 Å². The average molecular weight is 505 g/mol. The lowest BCUT2D eigenvalue weighted by atomic mass is 9.99. The molecule has 10 heteroatoms. The predicted octanol–water partition coefficient (Wildman–Crippen LogP) is 2.73. The molecule has 2 aliphatic carbocycles. The Morgan fingerprint density at radius 3 is 2.96 bits per heavy atom. The number of carbonyl (C=O) groups excluding carboxylic acids is 1. The second-order valence-electron chi connectivity index (χ2n) is 7.69. The number of nitrogens with zero attached hydrogens (tertiary/aromatic N) is 4. The highest BCUT2D eigenvalue weighted by Gasteiger charge is 2.80. The number of hydrogen-bond donors (Lipinski definition) is 0. The lowest BCUT2D eigenvalue weighted by Crippen LogP contribution is -2.36. The standard InChI is InChI=1S/C17H18ClIN4O4/c1-4-25-14(24)17-5-7(17)9(10-11(17)27-16(2,3)26-10)23-6-20-8-12(18)21-15(19)22-13(8)23/h6-7,9-11H,4-5H2,1-3H3/t7?,9-,10+,11+,17-/m1/s1. The first-order valence-electron chi connectivity index (χ1n) is 8.87. The molecular formula is C17H18ClIN4O4. The van der Waals surface area contributed by atoms with Gasteiger partial charge in [-0.25, -0.2) is 15.0 Å². The van der Waals surface area contributed by atoms with Crippen LogP contribution in [0.1, 0.15) is 33.2 Å². The minimum atomic E-state index is -0.766. The van der Waals surface area contributed by atoms with E-state index in [0.717, 1.165) is 0 Å². The molecule has 8 nitrogen and oxygen atoms in total. The van der Waals surface area contributed by atoms with E-state index >= 15 is 0 Å². The molecule has 5 atom stereocenters. The summed E-state index contributed by atoms with van der Waals surface area (Å²) in [6, 6.07) is -0.132. The van der Waals surface area contributed by atoms with Crippen molar-refractivity contribution < 1.29 is 19.0 Å². The molecule has 144 valence electrons. The van der Waals surface area contributed by atoms with Crippen LogP contribution in [-0.4, -0.2) is 50.1 Å². The smallest absolute Gasteiger partial charge is 0.315 e. The van der Waals surface area contributed by atoms with Gasteiger partial charge in [0.1, 0.15) is 23.1 Å². The van der Waals surface area contributed by atoms with Crippen LogP contribution in [0.15, 0.2) is 6.33 Å². The maximum Gasteiger partial charge on any atom is 0.315 e. The van der Waals surface area contributed by atoms with Crippen LogP contribution in [0.25, 0.3) is 11.2 Å². The molecule has 0 bridgehead atoms. The Morgan fingerprint density at radius 2 is 2.22 bits per heavy atom. The van der Waals surface area contributed by atoms with E-state index in [1.54, 1.807) is 6.33 Å². The number of imidazole rings is 1. The molecule has 5 rings (SSSR count). The molecule has 2 aromatic heterocycles. The molecule has 0 spiro atoms. The van der Waals surface area contributed by atoms with Gasteiger partial charge in [-0.15, -0.1) is 0 Å². The molecule has 0 aromatic carbocycles. The van der Waals surface area contributed by atoms with Gasteiger partial charge in [-0.05, 0) is 27.2 Å². The van der Waals surface area contributed by atoms with Crippen molar-refractivity contribution in [2.24, 2.45) is 11.3 Å². The Balaban J connectivity index is 1.63. The number of carbonyl (C=O) groups is 1. The van der Waals surface area contributed by atoms with E-state index in [2.05, 4.69) is 15.0 Å². The van der Waals surface area contributed by atoms with Gasteiger partial charge in [-0.1, -0.05) is 11.6 Å². The largest absolute Gasteiger partial charge is 0.465 e. The van der Waals surface area contributed by atoms with Crippen LogP contribution in [0.5, 0.6) is 0 Å². The number of esters is 1. The molecule has 27 heavy (non-hydrogen) atoms. The normalized spacial score (nSPS) is 35.9. The maximum absolute atomic E-state index is 12.8. The summed E-state index contributed by atoms with van der Waals surface area (Å²) in [5, 5.41) is 0.314. The van der Waals surface area contributed by atoms with E-state index in [4.69, 9.17) is 25.8 Å². The van der Waals surface area contributed by atoms with E-state index in [1.165, 1.54) is 0 Å². The van der Waals surface area contributed by atoms with Crippen molar-refractivity contribution in [1.82, 2.24) is 19.5 Å². The minimum absolute atomic E-state index is 0.0476. The fourth-order valence-electron chi connectivity index (χ4n) is 4.77. The van der Waals surface area contributed by atoms with Gasteiger partial charge in [0.25, 0.3) is 0 Å². The van der Waals surface area contributed by atoms with Crippen molar-refractivity contribution in [1.29, 1.82) is 0 Å². The lowest BCUT2D eigenvalue weighted by Gasteiger charge is -2.24. The van der Waals surface area contributed by atoms with Gasteiger partial charge < -0.3 is 18.8 Å². The fraction of sp³-hybridized carbons (Fsp3) is 0.647. The second kappa shape index (κ2) is 5.74. The molecule has 3 heterocycles. The average Bonchev–Trinajstić information content (AvgIpc) is 2.90. The topological polar surface area (TPSA) is 88.4 Å². The van der Waals surface area contributed by atoms with Crippen molar-refractivity contribution in [2.45, 2.75) is 51.2 Å². The Labute approximate surface area is 174 Å². The number of ether oxygens (including phenoxy) is 3. The predicted molar refractivity (Wildman–Crippen MR) is 103 cm³/mol. The van der Waals surface area contributed by atoms with Gasteiger partial charge >= 0.3 is 5.97 Å². The molecule has 1 saturated heterocycles. The monoisotopic (exact) mass is 504 g/mol. The second-order valence-corrected chi connectivity index (χ2v) is 9.01. The van der Waals surface area contributed by atoms with E-state index in [-0.39, 0.29) is 30.1 Å². The number of rotatable bonds is 3. The van der Waals surface area contributed by atoms with Crippen LogP contribution >= 0.6 is 34.2 Å². The molecule has 0 radical (unpaired) electrons. The van der Waals surface area contributed by atoms with E-state index in [1.807, 2.05) is 47.9 Å². The first kappa shape index (κ1) is 18.0. The summed E-state index contributed by atoms with van der Waals surface area (Å²) < 4.78 is 20.3. The molecule has 2 aromatic rings. The quantitative estimate of drug-likeness (QED) is 0.275. The van der Waals surface area contributed by atoms with Crippen molar-refractivity contribution in [2.75, 3.05) is 6.61 Å². The third-order valence-electron chi connectivity index (χ3n) is 5.77. The molecule has 2 saturated carbocycles. The van der Waals surface area contributed by atoms with Crippen molar-refractivity contribution in [3.8, 4) is 0 Å². The van der Waals surface area contributed by atoms with Crippen LogP contribution in [0.4, 0.5) is 0 Å². The first-order chi connectivity index (χ1) is 12.8. The van der Waals surface area contributed by atoms with Gasteiger partial charge in [0.15, 0.2) is 20.4 Å². The van der Waals surface area contributed by atoms with Gasteiger partial charge in [-0.2, -0.15) is 0 Å². The van der Waals surface area contributed by atoms with E-state index in [0.29, 0.717) is 33.2 Å². The highest BCUT2D eigenvalue weighted by atomic mass is 127. The first-order valence-corrected chi connectivity index (χ1v) is 10.3. The Kier molecular flexibility index (Phi) is 3.83. The molecule has 3 aliphatic rings. The number of fused-ring (bicyclic) bond motifs is 4. The summed E-state index contributed by atoms with van der Waals surface area (Å²) in [4.78, 5) is 25.9. The summed E-state index contributed by atoms with van der Waals surface area (Å²) in [6.07, 6.45) is 1.77. The fourth-order valence-corrected chi connectivity index (χ4v) is 5.59. The summed E-state index contributed by atoms with van der Waals surface area (Å²) in [5.41, 5.74) is 0.517. The van der Waals surface area contributed by atoms with Gasteiger partial charge in [0, 0.05) is 28.5 Å². The Morgan fingerprint density at radius 1 is 1.44 bits per heavy atom. The zero-order valence-electron chi connectivity index (χ0n) is 15.0. The van der Waals surface area contributed by atoms with Crippen molar-refractivity contribution >= 4 is 51.3 Å². The van der Waals surface area contributed by atoms with Gasteiger partial charge in [0.05, 0.1) is 19.0 Å². The zero-order valence-corrected chi connectivity index (χ0v) is 17.9. The van der Waals surface area contributed by atoms with Crippen molar-refractivity contribution in [3.05, 3.63) is 15.3 Å². The third kappa shape index (κ3) is 2.41. The zero-order chi connectivity index (χ0) is 19.1. The summed E-state index contributed by atoms with van der Waals surface area (Å²) in [5.74, 6) is -0.926. The SMILES string of the molecule is CCOC(=O)[C@]12CC1[C@@H](n1cnc3c(Cl)nc(I)nc31)[C@@H]1OC(C)(C)O[C@@H]12. The van der Waals surface area contributed by atoms with E-state index in [9.17, 15) is 4.79 Å². The molecule has 1 unspecified atom stereocenters. The highest BCUT2D eigenvalue weighted by Crippen LogP contribution is 2.72. The Bertz CT molecular complexity index is 966. The van der Waals surface area contributed by atoms with Gasteiger partial charge in [0.2, 0.25) is 0 Å². The number of halogens is 2. The van der Waals surface area contributed by atoms with E-state index < -0.39 is 11.2 Å². The third-order valence-corrected chi connectivity index (χ3v) is 6.52. The molecule has 0 N–H and O–H groups in total. The lowest BCUT2D eigenvalue weighted by molar-refractivity contribution is -0.172. The Hall–Kier alpha value is -1.04. The van der Waals surface area contributed by atoms with Crippen LogP contribution in [0.2, 0.25) is 5.15 Å². The summed E-state index contributed by atoms with van der Waals surface area (Å²) in [6.45, 7) is 5.89. The maximum atomic E-state index is 12.8. The van der Waals surface area contributed by atoms with Gasteiger partial charge in [-0.3, -0.25) is 4.79 Å². The molecule has 3 fully saturated rings. The molecule has 1 aliphatic heterocycles. The van der Waals surface area contributed by atoms with Crippen molar-refractivity contribution in [3.63, 3.8) is 0 Å². The molecule has 0 amide bonds. The summed E-state index contributed by atoms with van der Waals surface area (Å²) >= 11 is 8.27.